The fraction of sp³-hybridized carbons (Fsp3) is 0.310. The van der Waals surface area contributed by atoms with Crippen LogP contribution in [0.2, 0.25) is 0 Å². The third kappa shape index (κ3) is 6.50. The number of carboxylic acid groups (broad SMARTS) is 1. The molecule has 0 saturated heterocycles. The molecule has 5 rings (SSSR count). The number of carboxylic acids is 1. The number of aromatic carboxylic acids is 1. The molecule has 1 heterocycles. The number of ketones is 1. The molecule has 1 saturated carbocycles. The lowest BCUT2D eigenvalue weighted by molar-refractivity contribution is -0.137. The van der Waals surface area contributed by atoms with Crippen LogP contribution >= 0.6 is 0 Å². The third-order valence-corrected chi connectivity index (χ3v) is 6.44. The van der Waals surface area contributed by atoms with Crippen molar-refractivity contribution in [2.24, 2.45) is 5.41 Å². The molecular formula is C29H29F3O5. The van der Waals surface area contributed by atoms with Gasteiger partial charge in [-0.05, 0) is 72.4 Å². The Kier molecular flexibility index (Phi) is 8.00. The number of ether oxygens (including phenoxy) is 2. The number of para-hydroxylation sites is 2. The van der Waals surface area contributed by atoms with Crippen LogP contribution in [0.15, 0.2) is 60.7 Å². The van der Waals surface area contributed by atoms with Gasteiger partial charge in [0.15, 0.2) is 11.5 Å². The maximum absolute atomic E-state index is 13.2. The number of rotatable bonds is 5. The molecule has 3 aromatic carbocycles. The number of alkyl halides is 3. The van der Waals surface area contributed by atoms with E-state index in [-0.39, 0.29) is 30.6 Å². The van der Waals surface area contributed by atoms with Gasteiger partial charge < -0.3 is 14.6 Å². The number of benzene rings is 3. The van der Waals surface area contributed by atoms with Crippen LogP contribution in [-0.2, 0) is 17.4 Å². The molecule has 0 radical (unpaired) electrons. The normalized spacial score (nSPS) is 14.6. The number of hydrogen-bond donors (Lipinski definition) is 1. The predicted molar refractivity (Wildman–Crippen MR) is 134 cm³/mol. The van der Waals surface area contributed by atoms with Crippen LogP contribution in [-0.4, -0.2) is 23.7 Å². The van der Waals surface area contributed by atoms with Crippen molar-refractivity contribution in [3.63, 3.8) is 0 Å². The predicted octanol–water partition coefficient (Wildman–Crippen LogP) is 7.34. The highest BCUT2D eigenvalue weighted by molar-refractivity contribution is 5.91. The number of Topliss-reactive ketones (excluding diaryl/α,β-unsaturated/α-hetero) is 1. The molecule has 1 fully saturated rings. The standard InChI is InChI=1S/C21H19F3O3.C7H6O2.CH4/c1-12-3-4-13(8-18(25)20(2)5-6-20)7-17(12)14-9-15(19(26)27)11-16(10-14)21(22,23)24;1-2-4-7-6(3-1)8-5-9-7;/h3-4,7,9-11H,5-6,8H2,1-2H3,(H,26,27);1-4H,5H2;1H4. The van der Waals surface area contributed by atoms with Crippen molar-refractivity contribution in [1.82, 2.24) is 0 Å². The summed E-state index contributed by atoms with van der Waals surface area (Å²) < 4.78 is 49.7. The average molecular weight is 515 g/mol. The molecule has 37 heavy (non-hydrogen) atoms. The minimum atomic E-state index is -4.65. The van der Waals surface area contributed by atoms with Crippen molar-refractivity contribution >= 4 is 11.8 Å². The van der Waals surface area contributed by atoms with Gasteiger partial charge in [0.05, 0.1) is 11.1 Å². The average Bonchev–Trinajstić information content (AvgIpc) is 3.41. The summed E-state index contributed by atoms with van der Waals surface area (Å²) in [6.07, 6.45) is -2.71. The Morgan fingerprint density at radius 1 is 0.973 bits per heavy atom. The summed E-state index contributed by atoms with van der Waals surface area (Å²) in [5.41, 5.74) is 0.372. The first-order valence-corrected chi connectivity index (χ1v) is 11.4. The smallest absolute Gasteiger partial charge is 0.416 e. The van der Waals surface area contributed by atoms with Crippen molar-refractivity contribution in [2.45, 2.75) is 46.7 Å². The minimum absolute atomic E-state index is 0. The van der Waals surface area contributed by atoms with E-state index in [1.807, 2.05) is 31.2 Å². The fourth-order valence-electron chi connectivity index (χ4n) is 3.87. The molecular weight excluding hydrogens is 485 g/mol. The van der Waals surface area contributed by atoms with Crippen molar-refractivity contribution < 1.29 is 37.3 Å². The maximum atomic E-state index is 13.2. The minimum Gasteiger partial charge on any atom is -0.478 e. The molecule has 196 valence electrons. The van der Waals surface area contributed by atoms with Gasteiger partial charge in [0.1, 0.15) is 5.78 Å². The SMILES string of the molecule is C.Cc1ccc(CC(=O)C2(C)CC2)cc1-c1cc(C(=O)O)cc(C(F)(F)F)c1.c1ccc2c(c1)OCO2. The highest BCUT2D eigenvalue weighted by Gasteiger charge is 2.44. The summed E-state index contributed by atoms with van der Waals surface area (Å²) in [4.78, 5) is 23.6. The Labute approximate surface area is 213 Å². The number of aryl methyl sites for hydroxylation is 1. The van der Waals surface area contributed by atoms with E-state index < -0.39 is 23.3 Å². The number of halogens is 3. The fourth-order valence-corrected chi connectivity index (χ4v) is 3.87. The molecule has 2 aliphatic rings. The number of carbonyl (C=O) groups excluding carboxylic acids is 1. The van der Waals surface area contributed by atoms with Gasteiger partial charge in [0.25, 0.3) is 0 Å². The van der Waals surface area contributed by atoms with Gasteiger partial charge >= 0.3 is 12.1 Å². The van der Waals surface area contributed by atoms with Gasteiger partial charge in [0, 0.05) is 11.8 Å². The van der Waals surface area contributed by atoms with Gasteiger partial charge in [-0.3, -0.25) is 4.79 Å². The van der Waals surface area contributed by atoms with Crippen LogP contribution < -0.4 is 9.47 Å². The van der Waals surface area contributed by atoms with Crippen molar-refractivity contribution in [1.29, 1.82) is 0 Å². The van der Waals surface area contributed by atoms with Crippen LogP contribution in [0.4, 0.5) is 13.2 Å². The largest absolute Gasteiger partial charge is 0.478 e. The summed E-state index contributed by atoms with van der Waals surface area (Å²) in [5.74, 6) is 0.385. The van der Waals surface area contributed by atoms with Crippen LogP contribution in [0.25, 0.3) is 11.1 Å². The van der Waals surface area contributed by atoms with Gasteiger partial charge in [-0.15, -0.1) is 0 Å². The van der Waals surface area contributed by atoms with Crippen molar-refractivity contribution in [2.75, 3.05) is 6.79 Å². The van der Waals surface area contributed by atoms with Crippen LogP contribution in [0.3, 0.4) is 0 Å². The van der Waals surface area contributed by atoms with Crippen molar-refractivity contribution in [3.05, 3.63) is 82.9 Å². The Bertz CT molecular complexity index is 1290. The molecule has 1 aliphatic heterocycles. The van der Waals surface area contributed by atoms with E-state index in [1.165, 1.54) is 6.07 Å². The van der Waals surface area contributed by atoms with E-state index in [9.17, 15) is 27.9 Å². The van der Waals surface area contributed by atoms with Gasteiger partial charge in [-0.1, -0.05) is 44.7 Å². The monoisotopic (exact) mass is 514 g/mol. The topological polar surface area (TPSA) is 72.8 Å². The highest BCUT2D eigenvalue weighted by atomic mass is 19.4. The highest BCUT2D eigenvalue weighted by Crippen LogP contribution is 2.46. The molecule has 0 spiro atoms. The number of hydrogen-bond acceptors (Lipinski definition) is 4. The quantitative estimate of drug-likeness (QED) is 0.386. The lowest BCUT2D eigenvalue weighted by atomic mass is 9.91. The summed E-state index contributed by atoms with van der Waals surface area (Å²) in [6.45, 7) is 4.01. The molecule has 5 nitrogen and oxygen atoms in total. The molecule has 0 bridgehead atoms. The van der Waals surface area contributed by atoms with E-state index in [1.54, 1.807) is 25.1 Å². The second kappa shape index (κ2) is 10.7. The summed E-state index contributed by atoms with van der Waals surface area (Å²) in [7, 11) is 0. The lowest BCUT2D eigenvalue weighted by Crippen LogP contribution is -2.14. The molecule has 0 amide bonds. The van der Waals surface area contributed by atoms with Crippen LogP contribution in [0, 0.1) is 12.3 Å². The van der Waals surface area contributed by atoms with Crippen molar-refractivity contribution in [3.8, 4) is 22.6 Å². The van der Waals surface area contributed by atoms with E-state index in [2.05, 4.69) is 0 Å². The van der Waals surface area contributed by atoms with Gasteiger partial charge in [-0.2, -0.15) is 13.2 Å². The Morgan fingerprint density at radius 3 is 2.14 bits per heavy atom. The van der Waals surface area contributed by atoms with E-state index in [4.69, 9.17) is 9.47 Å². The summed E-state index contributed by atoms with van der Waals surface area (Å²) >= 11 is 0. The van der Waals surface area contributed by atoms with E-state index in [0.717, 1.165) is 30.4 Å². The zero-order chi connectivity index (χ0) is 26.1. The Morgan fingerprint density at radius 2 is 1.59 bits per heavy atom. The Hall–Kier alpha value is -3.81. The number of carbonyl (C=O) groups is 2. The van der Waals surface area contributed by atoms with Gasteiger partial charge in [-0.25, -0.2) is 4.79 Å². The molecule has 0 atom stereocenters. The molecule has 0 aromatic heterocycles. The molecule has 1 aliphatic carbocycles. The first-order chi connectivity index (χ1) is 17.0. The van der Waals surface area contributed by atoms with E-state index >= 15 is 0 Å². The molecule has 1 N–H and O–H groups in total. The van der Waals surface area contributed by atoms with Crippen LogP contribution in [0.1, 0.15) is 54.2 Å². The Balaban J connectivity index is 0.000000318. The molecule has 3 aromatic rings. The zero-order valence-electron chi connectivity index (χ0n) is 19.8. The summed E-state index contributed by atoms with van der Waals surface area (Å²) in [6, 6.07) is 15.6. The second-order valence-electron chi connectivity index (χ2n) is 9.27. The van der Waals surface area contributed by atoms with E-state index in [0.29, 0.717) is 29.5 Å². The molecule has 0 unspecified atom stereocenters. The zero-order valence-corrected chi connectivity index (χ0v) is 19.8. The van der Waals surface area contributed by atoms with Gasteiger partial charge in [0.2, 0.25) is 6.79 Å². The first-order valence-electron chi connectivity index (χ1n) is 11.4. The van der Waals surface area contributed by atoms with Crippen LogP contribution in [0.5, 0.6) is 11.5 Å². The second-order valence-corrected chi connectivity index (χ2v) is 9.27. The molecule has 8 heteroatoms. The first kappa shape index (κ1) is 27.8. The summed E-state index contributed by atoms with van der Waals surface area (Å²) in [5, 5.41) is 9.17. The third-order valence-electron chi connectivity index (χ3n) is 6.44. The number of fused-ring (bicyclic) bond motifs is 1. The lowest BCUT2D eigenvalue weighted by Gasteiger charge is -2.14. The maximum Gasteiger partial charge on any atom is 0.416 e.